The number of thiophene rings is 1. The maximum Gasteiger partial charge on any atom is 0.331 e. The van der Waals surface area contributed by atoms with Crippen molar-refractivity contribution in [3.8, 4) is 11.5 Å². The maximum absolute atomic E-state index is 12.3. The van der Waals surface area contributed by atoms with Crippen molar-refractivity contribution < 1.29 is 23.8 Å². The fourth-order valence-electron chi connectivity index (χ4n) is 2.58. The summed E-state index contributed by atoms with van der Waals surface area (Å²) in [4.78, 5) is 25.1. The third kappa shape index (κ3) is 4.35. The Labute approximate surface area is 171 Å². The quantitative estimate of drug-likeness (QED) is 0.308. The van der Waals surface area contributed by atoms with Gasteiger partial charge in [0.25, 0.3) is 0 Å². The van der Waals surface area contributed by atoms with E-state index in [1.54, 1.807) is 24.3 Å². The van der Waals surface area contributed by atoms with Gasteiger partial charge in [-0.3, -0.25) is 4.79 Å². The third-order valence-corrected chi connectivity index (χ3v) is 5.64. The normalized spacial score (nSPS) is 11.0. The van der Waals surface area contributed by atoms with Crippen LogP contribution in [0.5, 0.6) is 11.5 Å². The molecule has 0 unspecified atom stereocenters. The van der Waals surface area contributed by atoms with Crippen LogP contribution >= 0.6 is 22.9 Å². The van der Waals surface area contributed by atoms with E-state index in [1.807, 2.05) is 24.3 Å². The van der Waals surface area contributed by atoms with Gasteiger partial charge in [0.15, 0.2) is 6.61 Å². The van der Waals surface area contributed by atoms with Gasteiger partial charge in [0.05, 0.1) is 24.8 Å². The maximum atomic E-state index is 12.3. The molecule has 0 saturated carbocycles. The Morgan fingerprint density at radius 2 is 1.89 bits per heavy atom. The molecule has 0 fully saturated rings. The van der Waals surface area contributed by atoms with Crippen LogP contribution in [0.1, 0.15) is 15.2 Å². The number of Topliss-reactive ketones (excluding diaryl/α,β-unsaturated/α-hetero) is 1. The van der Waals surface area contributed by atoms with Crippen molar-refractivity contribution >= 4 is 50.9 Å². The van der Waals surface area contributed by atoms with Crippen molar-refractivity contribution in [2.24, 2.45) is 0 Å². The summed E-state index contributed by atoms with van der Waals surface area (Å²) in [6, 6.07) is 12.5. The van der Waals surface area contributed by atoms with Gasteiger partial charge in [0.1, 0.15) is 11.5 Å². The minimum Gasteiger partial charge on any atom is -0.497 e. The number of halogens is 1. The first-order chi connectivity index (χ1) is 13.5. The number of hydrogen-bond donors (Lipinski definition) is 0. The Kier molecular flexibility index (Phi) is 6.34. The predicted molar refractivity (Wildman–Crippen MR) is 111 cm³/mol. The van der Waals surface area contributed by atoms with E-state index in [4.69, 9.17) is 25.8 Å². The number of carbonyl (C=O) groups excluding carboxylic acids is 2. The molecule has 0 bridgehead atoms. The van der Waals surface area contributed by atoms with E-state index in [9.17, 15) is 9.59 Å². The van der Waals surface area contributed by atoms with Gasteiger partial charge in [-0.25, -0.2) is 4.79 Å². The molecule has 0 aliphatic rings. The molecule has 2 aromatic carbocycles. The van der Waals surface area contributed by atoms with Crippen LogP contribution in [-0.4, -0.2) is 32.6 Å². The van der Waals surface area contributed by atoms with E-state index in [2.05, 4.69) is 0 Å². The molecule has 3 rings (SSSR count). The summed E-state index contributed by atoms with van der Waals surface area (Å²) in [6.45, 7) is -0.397. The SMILES string of the molecule is COc1ccc(C(=O)COC(=O)/C=C/c2sc3ccccc3c2Cl)c(OC)c1. The number of hydrogen-bond acceptors (Lipinski definition) is 6. The molecule has 0 radical (unpaired) electrons. The number of methoxy groups -OCH3 is 2. The first kappa shape index (κ1) is 19.9. The molecular formula is C21H17ClO5S. The van der Waals surface area contributed by atoms with Crippen molar-refractivity contribution in [3.05, 3.63) is 64.0 Å². The van der Waals surface area contributed by atoms with Crippen LogP contribution in [0.25, 0.3) is 16.2 Å². The molecule has 0 saturated heterocycles. The molecule has 144 valence electrons. The second-order valence-corrected chi connectivity index (χ2v) is 7.17. The van der Waals surface area contributed by atoms with Crippen LogP contribution in [0, 0.1) is 0 Å². The van der Waals surface area contributed by atoms with Crippen molar-refractivity contribution in [2.45, 2.75) is 0 Å². The molecule has 0 aliphatic carbocycles. The van der Waals surface area contributed by atoms with Crippen molar-refractivity contribution in [1.29, 1.82) is 0 Å². The Morgan fingerprint density at radius 3 is 2.61 bits per heavy atom. The summed E-state index contributed by atoms with van der Waals surface area (Å²) in [5, 5.41) is 1.52. The second-order valence-electron chi connectivity index (χ2n) is 5.71. The van der Waals surface area contributed by atoms with E-state index >= 15 is 0 Å². The lowest BCUT2D eigenvalue weighted by Gasteiger charge is -2.09. The van der Waals surface area contributed by atoms with Gasteiger partial charge >= 0.3 is 5.97 Å². The van der Waals surface area contributed by atoms with E-state index in [0.717, 1.165) is 15.0 Å². The fraction of sp³-hybridized carbons (Fsp3) is 0.143. The number of rotatable bonds is 7. The van der Waals surface area contributed by atoms with Crippen LogP contribution in [0.3, 0.4) is 0 Å². The van der Waals surface area contributed by atoms with Crippen molar-refractivity contribution in [1.82, 2.24) is 0 Å². The lowest BCUT2D eigenvalue weighted by molar-refractivity contribution is -0.136. The van der Waals surface area contributed by atoms with Gasteiger partial charge < -0.3 is 14.2 Å². The summed E-state index contributed by atoms with van der Waals surface area (Å²) < 4.78 is 16.4. The fourth-order valence-corrected chi connectivity index (χ4v) is 3.97. The molecule has 0 amide bonds. The number of benzene rings is 2. The highest BCUT2D eigenvalue weighted by Gasteiger charge is 2.15. The number of fused-ring (bicyclic) bond motifs is 1. The van der Waals surface area contributed by atoms with E-state index in [-0.39, 0.29) is 5.78 Å². The smallest absolute Gasteiger partial charge is 0.331 e. The molecule has 0 aliphatic heterocycles. The summed E-state index contributed by atoms with van der Waals surface area (Å²) in [7, 11) is 2.97. The van der Waals surface area contributed by atoms with Gasteiger partial charge in [-0.1, -0.05) is 29.8 Å². The first-order valence-corrected chi connectivity index (χ1v) is 9.50. The van der Waals surface area contributed by atoms with Crippen LogP contribution in [-0.2, 0) is 9.53 Å². The highest BCUT2D eigenvalue weighted by Crippen LogP contribution is 2.35. The van der Waals surface area contributed by atoms with Crippen LogP contribution in [0.15, 0.2) is 48.5 Å². The first-order valence-electron chi connectivity index (χ1n) is 8.30. The molecule has 1 aromatic heterocycles. The Balaban J connectivity index is 1.64. The standard InChI is InChI=1S/C21H17ClO5S/c1-25-13-7-8-14(17(11-13)26-2)16(23)12-27-20(24)10-9-19-21(22)15-5-3-4-6-18(15)28-19/h3-11H,12H2,1-2H3/b10-9+. The number of ether oxygens (including phenoxy) is 3. The predicted octanol–water partition coefficient (Wildman–Crippen LogP) is 5.01. The summed E-state index contributed by atoms with van der Waals surface area (Å²) in [5.41, 5.74) is 0.313. The van der Waals surface area contributed by atoms with E-state index < -0.39 is 12.6 Å². The molecule has 0 atom stereocenters. The third-order valence-electron chi connectivity index (χ3n) is 3.99. The van der Waals surface area contributed by atoms with Crippen LogP contribution in [0.4, 0.5) is 0 Å². The van der Waals surface area contributed by atoms with Gasteiger partial charge in [-0.05, 0) is 24.3 Å². The molecule has 3 aromatic rings. The van der Waals surface area contributed by atoms with E-state index in [0.29, 0.717) is 22.1 Å². The molecule has 0 spiro atoms. The average Bonchev–Trinajstić information content (AvgIpc) is 3.05. The lowest BCUT2D eigenvalue weighted by Crippen LogP contribution is -2.13. The Hall–Kier alpha value is -2.83. The summed E-state index contributed by atoms with van der Waals surface area (Å²) >= 11 is 7.81. The van der Waals surface area contributed by atoms with Gasteiger partial charge in [-0.2, -0.15) is 0 Å². The van der Waals surface area contributed by atoms with Crippen LogP contribution in [0.2, 0.25) is 5.02 Å². The second kappa shape index (κ2) is 8.91. The van der Waals surface area contributed by atoms with Crippen LogP contribution < -0.4 is 9.47 Å². The lowest BCUT2D eigenvalue weighted by atomic mass is 10.1. The molecule has 28 heavy (non-hydrogen) atoms. The van der Waals surface area contributed by atoms with Gasteiger partial charge in [-0.15, -0.1) is 11.3 Å². The number of ketones is 1. The highest BCUT2D eigenvalue weighted by molar-refractivity contribution is 7.20. The van der Waals surface area contributed by atoms with Gasteiger partial charge in [0, 0.05) is 27.1 Å². The largest absolute Gasteiger partial charge is 0.497 e. The average molecular weight is 417 g/mol. The minimum atomic E-state index is -0.630. The zero-order valence-electron chi connectivity index (χ0n) is 15.2. The minimum absolute atomic E-state index is 0.313. The molecule has 1 heterocycles. The molecule has 0 N–H and O–H groups in total. The highest BCUT2D eigenvalue weighted by atomic mass is 35.5. The summed E-state index contributed by atoms with van der Waals surface area (Å²) in [5.74, 6) is -0.0861. The topological polar surface area (TPSA) is 61.8 Å². The molecule has 7 heteroatoms. The monoisotopic (exact) mass is 416 g/mol. The Bertz CT molecular complexity index is 1050. The summed E-state index contributed by atoms with van der Waals surface area (Å²) in [6.07, 6.45) is 2.85. The molecule has 5 nitrogen and oxygen atoms in total. The zero-order valence-corrected chi connectivity index (χ0v) is 16.8. The van der Waals surface area contributed by atoms with Crippen molar-refractivity contribution in [2.75, 3.05) is 20.8 Å². The van der Waals surface area contributed by atoms with E-state index in [1.165, 1.54) is 31.6 Å². The number of carbonyl (C=O) groups is 2. The zero-order chi connectivity index (χ0) is 20.1. The molecular weight excluding hydrogens is 400 g/mol. The van der Waals surface area contributed by atoms with Gasteiger partial charge in [0.2, 0.25) is 5.78 Å². The number of esters is 1. The Morgan fingerprint density at radius 1 is 1.11 bits per heavy atom. The van der Waals surface area contributed by atoms with Crippen molar-refractivity contribution in [3.63, 3.8) is 0 Å².